The van der Waals surface area contributed by atoms with Gasteiger partial charge in [0.25, 0.3) is 0 Å². The van der Waals surface area contributed by atoms with Gasteiger partial charge in [0.15, 0.2) is 0 Å². The molecule has 0 saturated heterocycles. The van der Waals surface area contributed by atoms with Crippen LogP contribution >= 0.6 is 0 Å². The Kier molecular flexibility index (Phi) is 5.29. The van der Waals surface area contributed by atoms with Crippen LogP contribution in [0.15, 0.2) is 0 Å². The van der Waals surface area contributed by atoms with Gasteiger partial charge in [0.05, 0.1) is 5.60 Å². The van der Waals surface area contributed by atoms with E-state index in [1.165, 1.54) is 0 Å². The molecule has 1 N–H and O–H groups in total. The van der Waals surface area contributed by atoms with Crippen LogP contribution in [0.1, 0.15) is 48.0 Å². The Morgan fingerprint density at radius 2 is 1.73 bits per heavy atom. The van der Waals surface area contributed by atoms with Crippen molar-refractivity contribution in [3.05, 3.63) is 0 Å². The van der Waals surface area contributed by atoms with Crippen LogP contribution in [0.5, 0.6) is 0 Å². The molecule has 0 spiro atoms. The summed E-state index contributed by atoms with van der Waals surface area (Å²) >= 11 is 0. The fourth-order valence-corrected chi connectivity index (χ4v) is 1.09. The number of rotatable bonds is 5. The molecule has 0 aromatic carbocycles. The summed E-state index contributed by atoms with van der Waals surface area (Å²) in [6.45, 7) is 13.4. The van der Waals surface area contributed by atoms with Crippen LogP contribution in [0.25, 0.3) is 0 Å². The number of carbonyl (C=O) groups is 1. The van der Waals surface area contributed by atoms with Crippen LogP contribution in [0, 0.1) is 5.41 Å². The highest BCUT2D eigenvalue weighted by Gasteiger charge is 2.19. The lowest BCUT2D eigenvalue weighted by Crippen LogP contribution is -2.34. The summed E-state index contributed by atoms with van der Waals surface area (Å²) in [6, 6.07) is 0. The standard InChI is InChI=1S/C12H25NO2/c1-10(14)13-9-12(5,6)7-8-15-11(2,3)4/h7-9H2,1-6H3,(H,13,14). The highest BCUT2D eigenvalue weighted by atomic mass is 16.5. The van der Waals surface area contributed by atoms with Crippen molar-refractivity contribution >= 4 is 5.91 Å². The maximum Gasteiger partial charge on any atom is 0.216 e. The highest BCUT2D eigenvalue weighted by molar-refractivity contribution is 5.72. The lowest BCUT2D eigenvalue weighted by atomic mass is 9.89. The molecule has 0 bridgehead atoms. The third-order valence-electron chi connectivity index (χ3n) is 2.13. The van der Waals surface area contributed by atoms with Crippen molar-refractivity contribution in [2.24, 2.45) is 5.41 Å². The first-order chi connectivity index (χ1) is 6.62. The van der Waals surface area contributed by atoms with Crippen LogP contribution < -0.4 is 5.32 Å². The number of hydrogen-bond donors (Lipinski definition) is 1. The summed E-state index contributed by atoms with van der Waals surface area (Å²) in [4.78, 5) is 10.8. The minimum atomic E-state index is -0.0793. The summed E-state index contributed by atoms with van der Waals surface area (Å²) < 4.78 is 5.66. The first-order valence-corrected chi connectivity index (χ1v) is 5.51. The molecule has 0 aromatic rings. The molecule has 90 valence electrons. The molecule has 0 rings (SSSR count). The number of carbonyl (C=O) groups excluding carboxylic acids is 1. The Morgan fingerprint density at radius 3 is 2.13 bits per heavy atom. The Morgan fingerprint density at radius 1 is 1.20 bits per heavy atom. The van der Waals surface area contributed by atoms with Crippen molar-refractivity contribution in [1.82, 2.24) is 5.32 Å². The van der Waals surface area contributed by atoms with Crippen LogP contribution in [0.2, 0.25) is 0 Å². The van der Waals surface area contributed by atoms with E-state index in [4.69, 9.17) is 4.74 Å². The first kappa shape index (κ1) is 14.4. The second-order valence-corrected chi connectivity index (χ2v) is 5.78. The molecule has 0 radical (unpaired) electrons. The van der Waals surface area contributed by atoms with E-state index in [-0.39, 0.29) is 16.9 Å². The number of hydrogen-bond acceptors (Lipinski definition) is 2. The highest BCUT2D eigenvalue weighted by Crippen LogP contribution is 2.20. The third kappa shape index (κ3) is 9.73. The van der Waals surface area contributed by atoms with Crippen molar-refractivity contribution in [3.63, 3.8) is 0 Å². The molecule has 0 aliphatic carbocycles. The van der Waals surface area contributed by atoms with E-state index in [2.05, 4.69) is 19.2 Å². The second kappa shape index (κ2) is 5.50. The van der Waals surface area contributed by atoms with Gasteiger partial charge in [-0.2, -0.15) is 0 Å². The Labute approximate surface area is 93.6 Å². The van der Waals surface area contributed by atoms with Crippen molar-refractivity contribution < 1.29 is 9.53 Å². The van der Waals surface area contributed by atoms with Gasteiger partial charge < -0.3 is 10.1 Å². The Balaban J connectivity index is 3.78. The summed E-state index contributed by atoms with van der Waals surface area (Å²) in [5, 5.41) is 2.84. The van der Waals surface area contributed by atoms with Gasteiger partial charge in [0.1, 0.15) is 0 Å². The van der Waals surface area contributed by atoms with E-state index in [1.54, 1.807) is 6.92 Å². The van der Waals surface area contributed by atoms with E-state index in [9.17, 15) is 4.79 Å². The zero-order chi connectivity index (χ0) is 12.1. The summed E-state index contributed by atoms with van der Waals surface area (Å²) in [6.07, 6.45) is 0.949. The number of ether oxygens (including phenoxy) is 1. The summed E-state index contributed by atoms with van der Waals surface area (Å²) in [5.74, 6) is 0.0276. The lowest BCUT2D eigenvalue weighted by Gasteiger charge is -2.27. The van der Waals surface area contributed by atoms with Gasteiger partial charge in [-0.3, -0.25) is 4.79 Å². The predicted molar refractivity (Wildman–Crippen MR) is 62.8 cm³/mol. The largest absolute Gasteiger partial charge is 0.376 e. The third-order valence-corrected chi connectivity index (χ3v) is 2.13. The van der Waals surface area contributed by atoms with Crippen molar-refractivity contribution in [3.8, 4) is 0 Å². The molecule has 0 atom stereocenters. The maximum absolute atomic E-state index is 10.8. The van der Waals surface area contributed by atoms with Crippen molar-refractivity contribution in [2.75, 3.05) is 13.2 Å². The molecule has 0 aliphatic rings. The topological polar surface area (TPSA) is 38.3 Å². The maximum atomic E-state index is 10.8. The summed E-state index contributed by atoms with van der Waals surface area (Å²) in [5.41, 5.74) is 0.0149. The molecular formula is C12H25NO2. The molecule has 3 heteroatoms. The molecule has 0 unspecified atom stereocenters. The van der Waals surface area contributed by atoms with E-state index in [0.717, 1.165) is 13.0 Å². The minimum absolute atomic E-state index is 0.0276. The van der Waals surface area contributed by atoms with E-state index >= 15 is 0 Å². The molecule has 0 aromatic heterocycles. The molecule has 0 saturated carbocycles. The van der Waals surface area contributed by atoms with Gasteiger partial charge in [-0.05, 0) is 32.6 Å². The monoisotopic (exact) mass is 215 g/mol. The van der Waals surface area contributed by atoms with Crippen LogP contribution in [-0.4, -0.2) is 24.7 Å². The van der Waals surface area contributed by atoms with Gasteiger partial charge in [0, 0.05) is 20.1 Å². The van der Waals surface area contributed by atoms with Crippen LogP contribution in [-0.2, 0) is 9.53 Å². The zero-order valence-electron chi connectivity index (χ0n) is 10.9. The second-order valence-electron chi connectivity index (χ2n) is 5.78. The van der Waals surface area contributed by atoms with Gasteiger partial charge in [-0.1, -0.05) is 13.8 Å². The SMILES string of the molecule is CC(=O)NCC(C)(C)CCOC(C)(C)C. The Bertz CT molecular complexity index is 204. The van der Waals surface area contributed by atoms with E-state index in [0.29, 0.717) is 6.54 Å². The zero-order valence-corrected chi connectivity index (χ0v) is 10.9. The molecule has 0 fully saturated rings. The number of nitrogens with one attached hydrogen (secondary N) is 1. The molecule has 0 heterocycles. The minimum Gasteiger partial charge on any atom is -0.376 e. The molecular weight excluding hydrogens is 190 g/mol. The van der Waals surface area contributed by atoms with Crippen molar-refractivity contribution in [2.45, 2.75) is 53.6 Å². The molecule has 1 amide bonds. The Hall–Kier alpha value is -0.570. The van der Waals surface area contributed by atoms with Gasteiger partial charge >= 0.3 is 0 Å². The average molecular weight is 215 g/mol. The van der Waals surface area contributed by atoms with Crippen LogP contribution in [0.3, 0.4) is 0 Å². The fourth-order valence-electron chi connectivity index (χ4n) is 1.09. The molecule has 0 aliphatic heterocycles. The van der Waals surface area contributed by atoms with E-state index < -0.39 is 0 Å². The molecule has 3 nitrogen and oxygen atoms in total. The van der Waals surface area contributed by atoms with Gasteiger partial charge in [-0.15, -0.1) is 0 Å². The predicted octanol–water partition coefficient (Wildman–Crippen LogP) is 2.35. The molecule has 15 heavy (non-hydrogen) atoms. The van der Waals surface area contributed by atoms with Crippen molar-refractivity contribution in [1.29, 1.82) is 0 Å². The average Bonchev–Trinajstić information content (AvgIpc) is 1.98. The first-order valence-electron chi connectivity index (χ1n) is 5.51. The number of amides is 1. The lowest BCUT2D eigenvalue weighted by molar-refractivity contribution is -0.119. The van der Waals surface area contributed by atoms with Gasteiger partial charge in [-0.25, -0.2) is 0 Å². The smallest absolute Gasteiger partial charge is 0.216 e. The quantitative estimate of drug-likeness (QED) is 0.764. The van der Waals surface area contributed by atoms with E-state index in [1.807, 2.05) is 20.8 Å². The normalized spacial score (nSPS) is 12.7. The summed E-state index contributed by atoms with van der Waals surface area (Å²) in [7, 11) is 0. The van der Waals surface area contributed by atoms with Gasteiger partial charge in [0.2, 0.25) is 5.91 Å². The van der Waals surface area contributed by atoms with Crippen LogP contribution in [0.4, 0.5) is 0 Å². The fraction of sp³-hybridized carbons (Fsp3) is 0.917.